The molecule has 0 saturated heterocycles. The van der Waals surface area contributed by atoms with E-state index in [1.807, 2.05) is 6.92 Å². The summed E-state index contributed by atoms with van der Waals surface area (Å²) in [5.74, 6) is 0. The van der Waals surface area contributed by atoms with Crippen molar-refractivity contribution < 1.29 is 9.85 Å². The van der Waals surface area contributed by atoms with E-state index in [-0.39, 0.29) is 6.42 Å². The molecular formula is C5H11N3O4. The Morgan fingerprint density at radius 2 is 1.83 bits per heavy atom. The van der Waals surface area contributed by atoms with Crippen molar-refractivity contribution in [3.8, 4) is 0 Å². The lowest BCUT2D eigenvalue weighted by molar-refractivity contribution is -0.742. The van der Waals surface area contributed by atoms with Crippen LogP contribution in [0.25, 0.3) is 0 Å². The van der Waals surface area contributed by atoms with Crippen molar-refractivity contribution in [2.24, 2.45) is 0 Å². The second-order valence-electron chi connectivity index (χ2n) is 2.19. The monoisotopic (exact) mass is 177 g/mol. The molecule has 0 aliphatic carbocycles. The summed E-state index contributed by atoms with van der Waals surface area (Å²) in [6, 6.07) is 0. The lowest BCUT2D eigenvalue weighted by Gasteiger charge is -2.01. The summed E-state index contributed by atoms with van der Waals surface area (Å²) >= 11 is 0. The van der Waals surface area contributed by atoms with Crippen molar-refractivity contribution in [2.45, 2.75) is 19.5 Å². The predicted molar refractivity (Wildman–Crippen MR) is 40.9 cm³/mol. The van der Waals surface area contributed by atoms with Crippen LogP contribution in [0, 0.1) is 20.2 Å². The fourth-order valence-corrected chi connectivity index (χ4v) is 0.696. The number of nitro groups is 2. The van der Waals surface area contributed by atoms with Gasteiger partial charge in [0.25, 0.3) is 0 Å². The van der Waals surface area contributed by atoms with E-state index >= 15 is 0 Å². The lowest BCUT2D eigenvalue weighted by Crippen LogP contribution is -2.32. The third-order valence-electron chi connectivity index (χ3n) is 1.32. The van der Waals surface area contributed by atoms with Crippen molar-refractivity contribution in [3.63, 3.8) is 0 Å². The van der Waals surface area contributed by atoms with E-state index in [0.29, 0.717) is 13.1 Å². The molecular weight excluding hydrogens is 166 g/mol. The molecule has 12 heavy (non-hydrogen) atoms. The summed E-state index contributed by atoms with van der Waals surface area (Å²) in [7, 11) is 0. The Hall–Kier alpha value is -1.24. The summed E-state index contributed by atoms with van der Waals surface area (Å²) in [4.78, 5) is 18.4. The minimum Gasteiger partial charge on any atom is -0.316 e. The molecule has 0 aliphatic heterocycles. The van der Waals surface area contributed by atoms with E-state index < -0.39 is 16.0 Å². The molecule has 0 aliphatic rings. The van der Waals surface area contributed by atoms with Crippen LogP contribution < -0.4 is 5.32 Å². The van der Waals surface area contributed by atoms with Gasteiger partial charge in [-0.1, -0.05) is 6.92 Å². The predicted octanol–water partition coefficient (Wildman–Crippen LogP) is -0.134. The number of rotatable bonds is 6. The van der Waals surface area contributed by atoms with Gasteiger partial charge in [0.2, 0.25) is 0 Å². The zero-order chi connectivity index (χ0) is 9.56. The topological polar surface area (TPSA) is 98.3 Å². The van der Waals surface area contributed by atoms with E-state index in [1.54, 1.807) is 0 Å². The zero-order valence-electron chi connectivity index (χ0n) is 6.73. The highest BCUT2D eigenvalue weighted by molar-refractivity contribution is 4.47. The molecule has 0 aromatic heterocycles. The molecule has 0 atom stereocenters. The smallest absolute Gasteiger partial charge is 0.316 e. The summed E-state index contributed by atoms with van der Waals surface area (Å²) < 4.78 is 0. The zero-order valence-corrected chi connectivity index (χ0v) is 6.73. The molecule has 7 nitrogen and oxygen atoms in total. The van der Waals surface area contributed by atoms with Crippen molar-refractivity contribution in [3.05, 3.63) is 20.2 Å². The molecule has 0 spiro atoms. The number of hydrogen-bond acceptors (Lipinski definition) is 5. The number of hydrogen-bond donors (Lipinski definition) is 1. The number of nitrogens with one attached hydrogen (secondary N) is 1. The minimum absolute atomic E-state index is 0.0756. The minimum atomic E-state index is -1.68. The first kappa shape index (κ1) is 10.8. The largest absolute Gasteiger partial charge is 0.452 e. The van der Waals surface area contributed by atoms with Crippen molar-refractivity contribution in [2.75, 3.05) is 13.1 Å². The quantitative estimate of drug-likeness (QED) is 0.263. The Kier molecular flexibility index (Phi) is 4.86. The highest BCUT2D eigenvalue weighted by atomic mass is 16.7. The highest BCUT2D eigenvalue weighted by Gasteiger charge is 2.30. The average molecular weight is 177 g/mol. The molecule has 70 valence electrons. The average Bonchev–Trinajstić information content (AvgIpc) is 1.96. The first-order valence-corrected chi connectivity index (χ1v) is 3.57. The van der Waals surface area contributed by atoms with E-state index in [1.165, 1.54) is 0 Å². The summed E-state index contributed by atoms with van der Waals surface area (Å²) in [5, 5.41) is 22.9. The Morgan fingerprint density at radius 1 is 1.33 bits per heavy atom. The van der Waals surface area contributed by atoms with Gasteiger partial charge in [-0.05, 0) is 6.54 Å². The Morgan fingerprint density at radius 3 is 2.17 bits per heavy atom. The third-order valence-corrected chi connectivity index (χ3v) is 1.32. The van der Waals surface area contributed by atoms with Gasteiger partial charge in [-0.3, -0.25) is 20.2 Å². The molecule has 0 bridgehead atoms. The molecule has 0 heterocycles. The third kappa shape index (κ3) is 3.81. The molecule has 7 heteroatoms. The van der Waals surface area contributed by atoms with Gasteiger partial charge in [-0.15, -0.1) is 0 Å². The molecule has 0 amide bonds. The molecule has 0 unspecified atom stereocenters. The van der Waals surface area contributed by atoms with Crippen LogP contribution in [0.15, 0.2) is 0 Å². The standard InChI is InChI=1S/C5H11N3O4/c1-2-6-4-3-5(7(9)10)8(11)12/h5-6H,2-4H2,1H3. The molecule has 0 radical (unpaired) electrons. The van der Waals surface area contributed by atoms with E-state index in [4.69, 9.17) is 0 Å². The Bertz CT molecular complexity index is 158. The van der Waals surface area contributed by atoms with E-state index in [2.05, 4.69) is 5.32 Å². The van der Waals surface area contributed by atoms with Gasteiger partial charge in [0, 0.05) is 6.54 Å². The summed E-state index contributed by atoms with van der Waals surface area (Å²) in [6.07, 6.45) is -1.75. The van der Waals surface area contributed by atoms with E-state index in [9.17, 15) is 20.2 Å². The Labute approximate surface area is 69.1 Å². The molecule has 0 saturated carbocycles. The fraction of sp³-hybridized carbons (Fsp3) is 1.00. The molecule has 1 N–H and O–H groups in total. The second kappa shape index (κ2) is 5.42. The van der Waals surface area contributed by atoms with Crippen LogP contribution in [0.2, 0.25) is 0 Å². The SMILES string of the molecule is CCNCCC([N+](=O)[O-])[N+](=O)[O-]. The normalized spacial score (nSPS) is 10.2. The number of nitrogens with zero attached hydrogens (tertiary/aromatic N) is 2. The lowest BCUT2D eigenvalue weighted by atomic mass is 10.3. The van der Waals surface area contributed by atoms with Crippen molar-refractivity contribution in [1.29, 1.82) is 0 Å². The van der Waals surface area contributed by atoms with Gasteiger partial charge in [0.05, 0.1) is 16.3 Å². The molecule has 0 fully saturated rings. The van der Waals surface area contributed by atoms with Crippen LogP contribution in [0.1, 0.15) is 13.3 Å². The van der Waals surface area contributed by atoms with Gasteiger partial charge < -0.3 is 5.32 Å². The van der Waals surface area contributed by atoms with Crippen LogP contribution >= 0.6 is 0 Å². The maximum atomic E-state index is 10.1. The van der Waals surface area contributed by atoms with Crippen LogP contribution in [0.3, 0.4) is 0 Å². The van der Waals surface area contributed by atoms with Gasteiger partial charge in [0.15, 0.2) is 0 Å². The van der Waals surface area contributed by atoms with Gasteiger partial charge >= 0.3 is 6.17 Å². The first-order valence-electron chi connectivity index (χ1n) is 3.57. The van der Waals surface area contributed by atoms with Crippen LogP contribution in [-0.2, 0) is 0 Å². The maximum absolute atomic E-state index is 10.1. The maximum Gasteiger partial charge on any atom is 0.452 e. The molecule has 0 aromatic carbocycles. The van der Waals surface area contributed by atoms with Crippen LogP contribution in [0.4, 0.5) is 0 Å². The molecule has 0 rings (SSSR count). The van der Waals surface area contributed by atoms with Gasteiger partial charge in [-0.2, -0.15) is 0 Å². The van der Waals surface area contributed by atoms with Crippen molar-refractivity contribution >= 4 is 0 Å². The van der Waals surface area contributed by atoms with Gasteiger partial charge in [-0.25, -0.2) is 0 Å². The summed E-state index contributed by atoms with van der Waals surface area (Å²) in [6.45, 7) is 2.78. The van der Waals surface area contributed by atoms with Gasteiger partial charge in [0.1, 0.15) is 0 Å². The summed E-state index contributed by atoms with van der Waals surface area (Å²) in [5.41, 5.74) is 0. The van der Waals surface area contributed by atoms with Crippen LogP contribution in [0.5, 0.6) is 0 Å². The van der Waals surface area contributed by atoms with E-state index in [0.717, 1.165) is 0 Å². The van der Waals surface area contributed by atoms with Crippen molar-refractivity contribution in [1.82, 2.24) is 5.32 Å². The first-order chi connectivity index (χ1) is 5.59. The molecule has 0 aromatic rings. The fourth-order valence-electron chi connectivity index (χ4n) is 0.696. The second-order valence-corrected chi connectivity index (χ2v) is 2.19. The Balaban J connectivity index is 3.80. The van der Waals surface area contributed by atoms with Crippen LogP contribution in [-0.4, -0.2) is 29.1 Å². The highest BCUT2D eigenvalue weighted by Crippen LogP contribution is 1.96.